The molecule has 31 heavy (non-hydrogen) atoms. The lowest BCUT2D eigenvalue weighted by Gasteiger charge is -2.28. The zero-order valence-electron chi connectivity index (χ0n) is 17.7. The van der Waals surface area contributed by atoms with E-state index in [-0.39, 0.29) is 13.2 Å². The van der Waals surface area contributed by atoms with Crippen LogP contribution in [0.3, 0.4) is 0 Å². The molecule has 3 aromatic rings. The summed E-state index contributed by atoms with van der Waals surface area (Å²) in [6, 6.07) is 19.3. The van der Waals surface area contributed by atoms with Crippen molar-refractivity contribution in [3.8, 4) is 11.5 Å². The SMILES string of the molecule is COc1ccc(N([C@@H](C)C(=O)NCCOc2cccc3ccccc23)S(C)(=O)=O)cc1. The van der Waals surface area contributed by atoms with Crippen molar-refractivity contribution in [3.05, 3.63) is 66.7 Å². The standard InChI is InChI=1S/C23H26N2O5S/c1-17(25(31(3,27)28)19-11-13-20(29-2)14-12-19)23(26)24-15-16-30-22-10-6-8-18-7-4-5-9-21(18)22/h4-14,17H,15-16H2,1-3H3,(H,24,26)/t17-/m0/s1. The Balaban J connectivity index is 1.62. The van der Waals surface area contributed by atoms with E-state index in [0.29, 0.717) is 11.4 Å². The summed E-state index contributed by atoms with van der Waals surface area (Å²) in [6.45, 7) is 2.05. The van der Waals surface area contributed by atoms with Gasteiger partial charge in [0.2, 0.25) is 15.9 Å². The second-order valence-corrected chi connectivity index (χ2v) is 8.91. The largest absolute Gasteiger partial charge is 0.497 e. The summed E-state index contributed by atoms with van der Waals surface area (Å²) in [4.78, 5) is 12.7. The molecule has 0 saturated heterocycles. The van der Waals surface area contributed by atoms with E-state index in [1.165, 1.54) is 7.11 Å². The molecule has 0 aliphatic carbocycles. The third kappa shape index (κ3) is 5.46. The van der Waals surface area contributed by atoms with E-state index in [1.54, 1.807) is 31.2 Å². The van der Waals surface area contributed by atoms with Gasteiger partial charge in [-0.3, -0.25) is 9.10 Å². The molecule has 0 unspecified atom stereocenters. The smallest absolute Gasteiger partial charge is 0.243 e. The van der Waals surface area contributed by atoms with E-state index in [1.807, 2.05) is 42.5 Å². The van der Waals surface area contributed by atoms with Crippen molar-refractivity contribution in [1.82, 2.24) is 5.32 Å². The van der Waals surface area contributed by atoms with Gasteiger partial charge in [0.15, 0.2) is 0 Å². The molecule has 3 rings (SSSR count). The Labute approximate surface area is 182 Å². The Morgan fingerprint density at radius 1 is 1.03 bits per heavy atom. The number of rotatable bonds is 9. The maximum absolute atomic E-state index is 12.7. The average Bonchev–Trinajstić information content (AvgIpc) is 2.76. The van der Waals surface area contributed by atoms with Gasteiger partial charge in [-0.1, -0.05) is 36.4 Å². The van der Waals surface area contributed by atoms with Crippen molar-refractivity contribution in [3.63, 3.8) is 0 Å². The Morgan fingerprint density at radius 2 is 1.71 bits per heavy atom. The minimum absolute atomic E-state index is 0.243. The van der Waals surface area contributed by atoms with Crippen LogP contribution in [0.2, 0.25) is 0 Å². The molecule has 0 bridgehead atoms. The van der Waals surface area contributed by atoms with Gasteiger partial charge in [0, 0.05) is 5.39 Å². The van der Waals surface area contributed by atoms with Gasteiger partial charge in [-0.25, -0.2) is 8.42 Å². The van der Waals surface area contributed by atoms with E-state index in [4.69, 9.17) is 9.47 Å². The maximum atomic E-state index is 12.7. The van der Waals surface area contributed by atoms with Crippen LogP contribution in [0.5, 0.6) is 11.5 Å². The molecular formula is C23H26N2O5S. The van der Waals surface area contributed by atoms with Crippen LogP contribution < -0.4 is 19.1 Å². The lowest BCUT2D eigenvalue weighted by molar-refractivity contribution is -0.121. The number of nitrogens with zero attached hydrogens (tertiary/aromatic N) is 1. The molecule has 0 saturated carbocycles. The van der Waals surface area contributed by atoms with E-state index in [9.17, 15) is 13.2 Å². The molecule has 0 aromatic heterocycles. The normalized spacial score (nSPS) is 12.2. The highest BCUT2D eigenvalue weighted by Crippen LogP contribution is 2.25. The van der Waals surface area contributed by atoms with E-state index >= 15 is 0 Å². The summed E-state index contributed by atoms with van der Waals surface area (Å²) in [7, 11) is -2.15. The average molecular weight is 443 g/mol. The van der Waals surface area contributed by atoms with E-state index < -0.39 is 22.0 Å². The van der Waals surface area contributed by atoms with Gasteiger partial charge in [0.1, 0.15) is 24.1 Å². The molecule has 1 atom stereocenters. The number of anilines is 1. The quantitative estimate of drug-likeness (QED) is 0.515. The number of carbonyl (C=O) groups excluding carboxylic acids is 1. The predicted molar refractivity (Wildman–Crippen MR) is 122 cm³/mol. The van der Waals surface area contributed by atoms with E-state index in [0.717, 1.165) is 27.1 Å². The number of fused-ring (bicyclic) bond motifs is 1. The topological polar surface area (TPSA) is 84.9 Å². The molecular weight excluding hydrogens is 416 g/mol. The van der Waals surface area contributed by atoms with Crippen molar-refractivity contribution in [2.75, 3.05) is 30.8 Å². The first-order valence-electron chi connectivity index (χ1n) is 9.83. The number of amides is 1. The van der Waals surface area contributed by atoms with Crippen LogP contribution in [-0.4, -0.2) is 46.9 Å². The van der Waals surface area contributed by atoms with Crippen LogP contribution in [0, 0.1) is 0 Å². The minimum Gasteiger partial charge on any atom is -0.497 e. The van der Waals surface area contributed by atoms with Gasteiger partial charge in [0.25, 0.3) is 0 Å². The molecule has 1 amide bonds. The van der Waals surface area contributed by atoms with Gasteiger partial charge >= 0.3 is 0 Å². The summed E-state index contributed by atoms with van der Waals surface area (Å²) >= 11 is 0. The zero-order valence-corrected chi connectivity index (χ0v) is 18.6. The highest BCUT2D eigenvalue weighted by molar-refractivity contribution is 7.92. The number of sulfonamides is 1. The molecule has 0 aliphatic heterocycles. The fourth-order valence-electron chi connectivity index (χ4n) is 3.34. The summed E-state index contributed by atoms with van der Waals surface area (Å²) < 4.78 is 36.8. The lowest BCUT2D eigenvalue weighted by atomic mass is 10.1. The number of carbonyl (C=O) groups is 1. The molecule has 0 fully saturated rings. The fourth-order valence-corrected chi connectivity index (χ4v) is 4.52. The van der Waals surface area contributed by atoms with Gasteiger partial charge in [0.05, 0.1) is 25.6 Å². The predicted octanol–water partition coefficient (Wildman–Crippen LogP) is 3.20. The van der Waals surface area contributed by atoms with Gasteiger partial charge < -0.3 is 14.8 Å². The van der Waals surface area contributed by atoms with Crippen molar-refractivity contribution in [1.29, 1.82) is 0 Å². The monoisotopic (exact) mass is 442 g/mol. The molecule has 164 valence electrons. The number of benzene rings is 3. The van der Waals surface area contributed by atoms with Crippen LogP contribution in [0.25, 0.3) is 10.8 Å². The number of nitrogens with one attached hydrogen (secondary N) is 1. The molecule has 0 aliphatic rings. The highest BCUT2D eigenvalue weighted by atomic mass is 32.2. The molecule has 8 heteroatoms. The first-order chi connectivity index (χ1) is 14.8. The van der Waals surface area contributed by atoms with Crippen LogP contribution in [0.1, 0.15) is 6.92 Å². The first-order valence-corrected chi connectivity index (χ1v) is 11.7. The third-order valence-corrected chi connectivity index (χ3v) is 6.07. The van der Waals surface area contributed by atoms with Crippen molar-refractivity contribution < 1.29 is 22.7 Å². The Morgan fingerprint density at radius 3 is 2.39 bits per heavy atom. The number of hydrogen-bond donors (Lipinski definition) is 1. The molecule has 7 nitrogen and oxygen atoms in total. The second-order valence-electron chi connectivity index (χ2n) is 7.05. The second kappa shape index (κ2) is 9.70. The number of methoxy groups -OCH3 is 1. The van der Waals surface area contributed by atoms with Crippen molar-refractivity contribution in [2.45, 2.75) is 13.0 Å². The van der Waals surface area contributed by atoms with Crippen LogP contribution in [-0.2, 0) is 14.8 Å². The van der Waals surface area contributed by atoms with Gasteiger partial charge in [-0.2, -0.15) is 0 Å². The van der Waals surface area contributed by atoms with Crippen LogP contribution >= 0.6 is 0 Å². The summed E-state index contributed by atoms with van der Waals surface area (Å²) in [5, 5.41) is 4.81. The number of ether oxygens (including phenoxy) is 2. The Hall–Kier alpha value is -3.26. The molecule has 0 radical (unpaired) electrons. The highest BCUT2D eigenvalue weighted by Gasteiger charge is 2.28. The van der Waals surface area contributed by atoms with E-state index in [2.05, 4.69) is 5.32 Å². The first kappa shape index (κ1) is 22.4. The van der Waals surface area contributed by atoms with Gasteiger partial charge in [-0.15, -0.1) is 0 Å². The van der Waals surface area contributed by atoms with Gasteiger partial charge in [-0.05, 0) is 42.6 Å². The molecule has 0 spiro atoms. The fraction of sp³-hybridized carbons (Fsp3) is 0.261. The maximum Gasteiger partial charge on any atom is 0.243 e. The van der Waals surface area contributed by atoms with Crippen LogP contribution in [0.15, 0.2) is 66.7 Å². The lowest BCUT2D eigenvalue weighted by Crippen LogP contribution is -2.48. The summed E-state index contributed by atoms with van der Waals surface area (Å²) in [6.07, 6.45) is 1.07. The summed E-state index contributed by atoms with van der Waals surface area (Å²) in [5.74, 6) is 0.916. The molecule has 0 heterocycles. The summed E-state index contributed by atoms with van der Waals surface area (Å²) in [5.41, 5.74) is 0.387. The zero-order chi connectivity index (χ0) is 22.4. The van der Waals surface area contributed by atoms with Crippen LogP contribution in [0.4, 0.5) is 5.69 Å². The third-order valence-electron chi connectivity index (χ3n) is 4.82. The Bertz CT molecular complexity index is 1140. The number of hydrogen-bond acceptors (Lipinski definition) is 5. The Kier molecular flexibility index (Phi) is 7.02. The molecule has 3 aromatic carbocycles. The van der Waals surface area contributed by atoms with Crippen molar-refractivity contribution >= 4 is 32.4 Å². The minimum atomic E-state index is -3.68. The molecule has 1 N–H and O–H groups in total. The van der Waals surface area contributed by atoms with Crippen molar-refractivity contribution in [2.24, 2.45) is 0 Å².